The third kappa shape index (κ3) is 3.66. The molecule has 0 saturated heterocycles. The van der Waals surface area contributed by atoms with Crippen molar-refractivity contribution >= 4 is 5.91 Å². The van der Waals surface area contributed by atoms with E-state index in [2.05, 4.69) is 31.4 Å². The Morgan fingerprint density at radius 3 is 2.50 bits per heavy atom. The SMILES string of the molecule is CCC(C)(C)NC(C)C(=O)NC1CC1. The van der Waals surface area contributed by atoms with E-state index in [0.29, 0.717) is 6.04 Å². The largest absolute Gasteiger partial charge is 0.352 e. The van der Waals surface area contributed by atoms with Crippen LogP contribution in [0.5, 0.6) is 0 Å². The molecule has 0 aliphatic heterocycles. The van der Waals surface area contributed by atoms with Crippen molar-refractivity contribution in [3.63, 3.8) is 0 Å². The van der Waals surface area contributed by atoms with Crippen LogP contribution in [0.3, 0.4) is 0 Å². The van der Waals surface area contributed by atoms with Crippen LogP contribution >= 0.6 is 0 Å². The summed E-state index contributed by atoms with van der Waals surface area (Å²) in [5.74, 6) is 0.133. The van der Waals surface area contributed by atoms with E-state index < -0.39 is 0 Å². The van der Waals surface area contributed by atoms with Crippen molar-refractivity contribution in [3.05, 3.63) is 0 Å². The molecule has 1 saturated carbocycles. The summed E-state index contributed by atoms with van der Waals surface area (Å²) in [5.41, 5.74) is 0.0420. The summed E-state index contributed by atoms with van der Waals surface area (Å²) >= 11 is 0. The molecule has 1 atom stereocenters. The van der Waals surface area contributed by atoms with Gasteiger partial charge in [-0.1, -0.05) is 6.92 Å². The van der Waals surface area contributed by atoms with E-state index in [9.17, 15) is 4.79 Å². The molecule has 3 heteroatoms. The molecule has 1 unspecified atom stereocenters. The van der Waals surface area contributed by atoms with Crippen LogP contribution in [-0.4, -0.2) is 23.5 Å². The highest BCUT2D eigenvalue weighted by atomic mass is 16.2. The first-order valence-electron chi connectivity index (χ1n) is 5.52. The number of hydrogen-bond donors (Lipinski definition) is 2. The molecule has 0 aromatic carbocycles. The minimum absolute atomic E-state index is 0.0420. The summed E-state index contributed by atoms with van der Waals surface area (Å²) in [5, 5.41) is 6.33. The molecular weight excluding hydrogens is 176 g/mol. The highest BCUT2D eigenvalue weighted by Gasteiger charge is 2.27. The summed E-state index contributed by atoms with van der Waals surface area (Å²) in [4.78, 5) is 11.6. The molecule has 14 heavy (non-hydrogen) atoms. The van der Waals surface area contributed by atoms with E-state index in [1.54, 1.807) is 0 Å². The van der Waals surface area contributed by atoms with Gasteiger partial charge >= 0.3 is 0 Å². The molecule has 2 N–H and O–H groups in total. The zero-order valence-corrected chi connectivity index (χ0v) is 9.68. The molecular formula is C11H22N2O. The predicted octanol–water partition coefficient (Wildman–Crippen LogP) is 1.43. The number of rotatable bonds is 5. The molecule has 0 bridgehead atoms. The van der Waals surface area contributed by atoms with Crippen molar-refractivity contribution in [2.45, 2.75) is 64.6 Å². The second-order valence-corrected chi connectivity index (χ2v) is 4.89. The summed E-state index contributed by atoms with van der Waals surface area (Å²) in [7, 11) is 0. The van der Waals surface area contributed by atoms with Gasteiger partial charge < -0.3 is 10.6 Å². The van der Waals surface area contributed by atoms with Gasteiger partial charge in [0.15, 0.2) is 0 Å². The van der Waals surface area contributed by atoms with Gasteiger partial charge in [0.25, 0.3) is 0 Å². The molecule has 3 nitrogen and oxygen atoms in total. The number of hydrogen-bond acceptors (Lipinski definition) is 2. The molecule has 82 valence electrons. The van der Waals surface area contributed by atoms with Crippen molar-refractivity contribution in [2.75, 3.05) is 0 Å². The van der Waals surface area contributed by atoms with Crippen LogP contribution in [0.1, 0.15) is 47.0 Å². The topological polar surface area (TPSA) is 41.1 Å². The molecule has 1 aliphatic carbocycles. The first kappa shape index (κ1) is 11.5. The monoisotopic (exact) mass is 198 g/mol. The molecule has 1 aliphatic rings. The van der Waals surface area contributed by atoms with Crippen LogP contribution in [-0.2, 0) is 4.79 Å². The molecule has 0 aromatic rings. The Hall–Kier alpha value is -0.570. The molecule has 1 rings (SSSR count). The minimum atomic E-state index is -0.0921. The van der Waals surface area contributed by atoms with E-state index in [1.807, 2.05) is 6.92 Å². The number of carbonyl (C=O) groups is 1. The smallest absolute Gasteiger partial charge is 0.237 e. The van der Waals surface area contributed by atoms with Crippen LogP contribution in [0.25, 0.3) is 0 Å². The van der Waals surface area contributed by atoms with Gasteiger partial charge in [0.05, 0.1) is 6.04 Å². The minimum Gasteiger partial charge on any atom is -0.352 e. The lowest BCUT2D eigenvalue weighted by atomic mass is 10.0. The first-order chi connectivity index (χ1) is 6.44. The fraction of sp³-hybridized carbons (Fsp3) is 0.909. The third-order valence-electron chi connectivity index (χ3n) is 2.81. The van der Waals surface area contributed by atoms with Crippen LogP contribution in [0.4, 0.5) is 0 Å². The maximum absolute atomic E-state index is 11.6. The van der Waals surface area contributed by atoms with E-state index in [-0.39, 0.29) is 17.5 Å². The highest BCUT2D eigenvalue weighted by molar-refractivity contribution is 5.81. The molecule has 0 spiro atoms. The van der Waals surface area contributed by atoms with Crippen LogP contribution < -0.4 is 10.6 Å². The Morgan fingerprint density at radius 1 is 1.50 bits per heavy atom. The quantitative estimate of drug-likeness (QED) is 0.701. The maximum Gasteiger partial charge on any atom is 0.237 e. The Bertz CT molecular complexity index is 209. The lowest BCUT2D eigenvalue weighted by molar-refractivity contribution is -0.123. The lowest BCUT2D eigenvalue weighted by Crippen LogP contribution is -2.51. The highest BCUT2D eigenvalue weighted by Crippen LogP contribution is 2.18. The van der Waals surface area contributed by atoms with Crippen LogP contribution in [0.15, 0.2) is 0 Å². The van der Waals surface area contributed by atoms with Gasteiger partial charge in [-0.3, -0.25) is 4.79 Å². The Kier molecular flexibility index (Phi) is 3.53. The average Bonchev–Trinajstić information content (AvgIpc) is 2.87. The Labute approximate surface area is 86.6 Å². The van der Waals surface area contributed by atoms with Crippen molar-refractivity contribution in [1.82, 2.24) is 10.6 Å². The molecule has 0 radical (unpaired) electrons. The van der Waals surface area contributed by atoms with Gasteiger partial charge in [0.2, 0.25) is 5.91 Å². The van der Waals surface area contributed by atoms with Gasteiger partial charge in [0.1, 0.15) is 0 Å². The van der Waals surface area contributed by atoms with Gasteiger partial charge in [-0.2, -0.15) is 0 Å². The maximum atomic E-state index is 11.6. The molecule has 1 amide bonds. The van der Waals surface area contributed by atoms with E-state index in [0.717, 1.165) is 19.3 Å². The number of carbonyl (C=O) groups excluding carboxylic acids is 1. The van der Waals surface area contributed by atoms with Crippen LogP contribution in [0, 0.1) is 0 Å². The third-order valence-corrected chi connectivity index (χ3v) is 2.81. The zero-order chi connectivity index (χ0) is 10.8. The summed E-state index contributed by atoms with van der Waals surface area (Å²) in [6.07, 6.45) is 3.32. The first-order valence-corrected chi connectivity index (χ1v) is 5.52. The normalized spacial score (nSPS) is 19.1. The van der Waals surface area contributed by atoms with Crippen LogP contribution in [0.2, 0.25) is 0 Å². The number of amides is 1. The van der Waals surface area contributed by atoms with Gasteiger partial charge in [0, 0.05) is 11.6 Å². The predicted molar refractivity (Wildman–Crippen MR) is 58.1 cm³/mol. The van der Waals surface area contributed by atoms with Crippen molar-refractivity contribution in [1.29, 1.82) is 0 Å². The summed E-state index contributed by atoms with van der Waals surface area (Å²) < 4.78 is 0. The van der Waals surface area contributed by atoms with Gasteiger partial charge in [-0.05, 0) is 40.0 Å². The molecule has 0 aromatic heterocycles. The molecule has 0 heterocycles. The Morgan fingerprint density at radius 2 is 2.07 bits per heavy atom. The number of nitrogens with one attached hydrogen (secondary N) is 2. The fourth-order valence-electron chi connectivity index (χ4n) is 1.31. The summed E-state index contributed by atoms with van der Waals surface area (Å²) in [6, 6.07) is 0.363. The van der Waals surface area contributed by atoms with E-state index in [1.165, 1.54) is 0 Å². The lowest BCUT2D eigenvalue weighted by Gasteiger charge is -2.28. The fourth-order valence-corrected chi connectivity index (χ4v) is 1.31. The molecule has 1 fully saturated rings. The van der Waals surface area contributed by atoms with Gasteiger partial charge in [-0.15, -0.1) is 0 Å². The van der Waals surface area contributed by atoms with Crippen molar-refractivity contribution < 1.29 is 4.79 Å². The Balaban J connectivity index is 2.31. The average molecular weight is 198 g/mol. The van der Waals surface area contributed by atoms with Crippen molar-refractivity contribution in [3.8, 4) is 0 Å². The zero-order valence-electron chi connectivity index (χ0n) is 9.68. The summed E-state index contributed by atoms with van der Waals surface area (Å²) in [6.45, 7) is 8.29. The van der Waals surface area contributed by atoms with Crippen molar-refractivity contribution in [2.24, 2.45) is 0 Å². The second-order valence-electron chi connectivity index (χ2n) is 4.89. The standard InChI is InChI=1S/C11H22N2O/c1-5-11(3,4)13-8(2)10(14)12-9-6-7-9/h8-9,13H,5-7H2,1-4H3,(H,12,14). The van der Waals surface area contributed by atoms with E-state index >= 15 is 0 Å². The van der Waals surface area contributed by atoms with E-state index in [4.69, 9.17) is 0 Å². The van der Waals surface area contributed by atoms with Gasteiger partial charge in [-0.25, -0.2) is 0 Å². The second kappa shape index (κ2) is 4.30.